The van der Waals surface area contributed by atoms with E-state index in [4.69, 9.17) is 0 Å². The van der Waals surface area contributed by atoms with Gasteiger partial charge in [0.15, 0.2) is 5.81 Å². The van der Waals surface area contributed by atoms with Gasteiger partial charge in [-0.15, -0.1) is 0 Å². The number of nitrogens with one attached hydrogen (secondary N) is 1. The third-order valence-corrected chi connectivity index (χ3v) is 1.82. The Kier molecular flexibility index (Phi) is 4.13. The standard InChI is InChI=1S/C8H15BNO3/c1-5(11)8(3,4)10-7(13)9-6(2)12/h5,11H,1-4H3,(H,10,13). The monoisotopic (exact) mass is 184 g/mol. The van der Waals surface area contributed by atoms with Gasteiger partial charge in [0.25, 0.3) is 0 Å². The quantitative estimate of drug-likeness (QED) is 0.609. The molecule has 0 bridgehead atoms. The fourth-order valence-corrected chi connectivity index (χ4v) is 0.643. The smallest absolute Gasteiger partial charge is 0.319 e. The Balaban J connectivity index is 4.12. The van der Waals surface area contributed by atoms with Gasteiger partial charge < -0.3 is 15.2 Å². The lowest BCUT2D eigenvalue weighted by Crippen LogP contribution is -2.52. The van der Waals surface area contributed by atoms with Gasteiger partial charge in [-0.05, 0) is 27.7 Å². The summed E-state index contributed by atoms with van der Waals surface area (Å²) in [5, 5.41) is 11.8. The minimum absolute atomic E-state index is 0.307. The van der Waals surface area contributed by atoms with Crippen LogP contribution in [-0.4, -0.2) is 35.5 Å². The molecule has 73 valence electrons. The van der Waals surface area contributed by atoms with E-state index < -0.39 is 17.4 Å². The summed E-state index contributed by atoms with van der Waals surface area (Å²) in [5.41, 5.74) is -1.03. The zero-order valence-corrected chi connectivity index (χ0v) is 8.42. The van der Waals surface area contributed by atoms with Gasteiger partial charge in [-0.25, -0.2) is 0 Å². The van der Waals surface area contributed by atoms with Crippen LogP contribution < -0.4 is 5.32 Å². The molecule has 0 aromatic carbocycles. The molecule has 5 heteroatoms. The van der Waals surface area contributed by atoms with Crippen LogP contribution in [-0.2, 0) is 4.79 Å². The van der Waals surface area contributed by atoms with Crippen LogP contribution in [0.1, 0.15) is 27.7 Å². The molecule has 0 rings (SSSR count). The van der Waals surface area contributed by atoms with Gasteiger partial charge in [-0.3, -0.25) is 4.79 Å². The first-order valence-electron chi connectivity index (χ1n) is 4.11. The van der Waals surface area contributed by atoms with Crippen LogP contribution in [0.15, 0.2) is 0 Å². The van der Waals surface area contributed by atoms with Crippen molar-refractivity contribution in [1.29, 1.82) is 0 Å². The Labute approximate surface area is 78.9 Å². The highest BCUT2D eigenvalue weighted by atomic mass is 16.3. The molecule has 0 spiro atoms. The van der Waals surface area contributed by atoms with Crippen LogP contribution in [0.3, 0.4) is 0 Å². The Morgan fingerprint density at radius 1 is 1.46 bits per heavy atom. The van der Waals surface area contributed by atoms with E-state index in [2.05, 4.69) is 5.32 Å². The molecule has 0 aromatic rings. The summed E-state index contributed by atoms with van der Waals surface area (Å²) < 4.78 is 0. The Bertz CT molecular complexity index is 213. The molecule has 0 heterocycles. The Hall–Kier alpha value is -0.835. The second kappa shape index (κ2) is 4.41. The molecule has 1 atom stereocenters. The van der Waals surface area contributed by atoms with Crippen molar-refractivity contribution in [2.24, 2.45) is 0 Å². The van der Waals surface area contributed by atoms with Gasteiger partial charge in [-0.1, -0.05) is 0 Å². The average molecular weight is 184 g/mol. The van der Waals surface area contributed by atoms with E-state index in [0.29, 0.717) is 0 Å². The minimum atomic E-state index is -0.719. The molecule has 4 nitrogen and oxygen atoms in total. The Morgan fingerprint density at radius 2 is 1.92 bits per heavy atom. The molecule has 1 radical (unpaired) electrons. The first-order chi connectivity index (χ1) is 5.75. The predicted molar refractivity (Wildman–Crippen MR) is 50.7 cm³/mol. The summed E-state index contributed by atoms with van der Waals surface area (Å²) in [5.74, 6) is -0.474. The molecule has 13 heavy (non-hydrogen) atoms. The zero-order valence-electron chi connectivity index (χ0n) is 8.42. The van der Waals surface area contributed by atoms with Crippen LogP contribution in [0.2, 0.25) is 0 Å². The Morgan fingerprint density at radius 3 is 2.23 bits per heavy atom. The molecular formula is C8H15BNO3. The van der Waals surface area contributed by atoms with E-state index in [0.717, 1.165) is 7.28 Å². The largest absolute Gasteiger partial charge is 0.391 e. The molecule has 1 unspecified atom stereocenters. The number of rotatable bonds is 4. The molecule has 1 amide bonds. The van der Waals surface area contributed by atoms with Crippen molar-refractivity contribution in [3.8, 4) is 0 Å². The molecule has 0 aliphatic carbocycles. The fraction of sp³-hybridized carbons (Fsp3) is 0.750. The van der Waals surface area contributed by atoms with E-state index in [9.17, 15) is 14.7 Å². The summed E-state index contributed by atoms with van der Waals surface area (Å²) >= 11 is 0. The number of hydrogen-bond acceptors (Lipinski definition) is 3. The predicted octanol–water partition coefficient (Wildman–Crippen LogP) is 0.106. The lowest BCUT2D eigenvalue weighted by molar-refractivity contribution is -0.110. The SMILES string of the molecule is CC(=O)[B]C(=O)NC(C)(C)C(C)O. The highest BCUT2D eigenvalue weighted by molar-refractivity contribution is 6.96. The van der Waals surface area contributed by atoms with E-state index in [1.165, 1.54) is 6.92 Å². The first kappa shape index (κ1) is 12.2. The van der Waals surface area contributed by atoms with Gasteiger partial charge >= 0.3 is 7.28 Å². The normalized spacial score (nSPS) is 13.3. The van der Waals surface area contributed by atoms with Crippen LogP contribution in [0.4, 0.5) is 4.79 Å². The van der Waals surface area contributed by atoms with Crippen molar-refractivity contribution in [2.45, 2.75) is 39.3 Å². The van der Waals surface area contributed by atoms with Gasteiger partial charge in [0.2, 0.25) is 0 Å². The maximum absolute atomic E-state index is 11.1. The zero-order chi connectivity index (χ0) is 10.6. The van der Waals surface area contributed by atoms with Crippen molar-refractivity contribution >= 4 is 18.8 Å². The average Bonchev–Trinajstić information content (AvgIpc) is 1.82. The third kappa shape index (κ3) is 4.67. The fourth-order valence-electron chi connectivity index (χ4n) is 0.643. The van der Waals surface area contributed by atoms with Gasteiger partial charge in [-0.2, -0.15) is 0 Å². The van der Waals surface area contributed by atoms with Crippen LogP contribution in [0.5, 0.6) is 0 Å². The third-order valence-electron chi connectivity index (χ3n) is 1.82. The highest BCUT2D eigenvalue weighted by Crippen LogP contribution is 2.07. The maximum Gasteiger partial charge on any atom is 0.319 e. The van der Waals surface area contributed by atoms with E-state index >= 15 is 0 Å². The van der Waals surface area contributed by atoms with Crippen molar-refractivity contribution in [2.75, 3.05) is 0 Å². The molecule has 2 N–H and O–H groups in total. The molecule has 0 fully saturated rings. The number of amides is 1. The molecule has 0 aliphatic rings. The summed E-state index contributed by atoms with van der Waals surface area (Å²) in [6.45, 7) is 6.25. The highest BCUT2D eigenvalue weighted by Gasteiger charge is 2.26. The van der Waals surface area contributed by atoms with Gasteiger partial charge in [0.05, 0.1) is 17.3 Å². The first-order valence-corrected chi connectivity index (χ1v) is 4.11. The van der Waals surface area contributed by atoms with Crippen molar-refractivity contribution in [3.05, 3.63) is 0 Å². The summed E-state index contributed by atoms with van der Waals surface area (Å²) in [6, 6.07) is 0. The van der Waals surface area contributed by atoms with E-state index in [-0.39, 0.29) is 5.68 Å². The van der Waals surface area contributed by atoms with Crippen molar-refractivity contribution in [1.82, 2.24) is 5.32 Å². The van der Waals surface area contributed by atoms with Gasteiger partial charge in [0, 0.05) is 0 Å². The number of hydrogen-bond donors (Lipinski definition) is 2. The van der Waals surface area contributed by atoms with Crippen molar-refractivity contribution in [3.63, 3.8) is 0 Å². The van der Waals surface area contributed by atoms with Crippen molar-refractivity contribution < 1.29 is 14.7 Å². The molecule has 0 aliphatic heterocycles. The molecule has 0 aromatic heterocycles. The summed E-state index contributed by atoms with van der Waals surface area (Å²) in [4.78, 5) is 21.6. The maximum atomic E-state index is 11.1. The van der Waals surface area contributed by atoms with Crippen LogP contribution in [0, 0.1) is 0 Å². The number of aliphatic hydroxyl groups is 1. The summed E-state index contributed by atoms with van der Waals surface area (Å²) in [7, 11) is 0.962. The minimum Gasteiger partial charge on any atom is -0.391 e. The van der Waals surface area contributed by atoms with E-state index in [1.807, 2.05) is 0 Å². The van der Waals surface area contributed by atoms with Gasteiger partial charge in [0.1, 0.15) is 0 Å². The number of aliphatic hydroxyl groups excluding tert-OH is 1. The molecule has 0 saturated carbocycles. The number of carbonyl (C=O) groups excluding carboxylic acids is 2. The topological polar surface area (TPSA) is 66.4 Å². The second-order valence-electron chi connectivity index (χ2n) is 3.64. The summed E-state index contributed by atoms with van der Waals surface area (Å²) in [6.07, 6.45) is -0.670. The molecule has 0 saturated heterocycles. The van der Waals surface area contributed by atoms with Crippen LogP contribution >= 0.6 is 0 Å². The second-order valence-corrected chi connectivity index (χ2v) is 3.64. The van der Waals surface area contributed by atoms with Crippen LogP contribution in [0.25, 0.3) is 0 Å². The number of carbonyl (C=O) groups is 2. The lowest BCUT2D eigenvalue weighted by Gasteiger charge is -2.29. The van der Waals surface area contributed by atoms with E-state index in [1.54, 1.807) is 20.8 Å². The molecular weight excluding hydrogens is 169 g/mol. The lowest BCUT2D eigenvalue weighted by atomic mass is 9.72.